The number of thiazole rings is 1. The number of halogens is 2. The van der Waals surface area contributed by atoms with Crippen LogP contribution in [0.15, 0.2) is 72.8 Å². The van der Waals surface area contributed by atoms with E-state index in [2.05, 4.69) is 4.98 Å². The highest BCUT2D eigenvalue weighted by Gasteiger charge is 2.21. The number of nitrogens with zero attached hydrogens (tertiary/aromatic N) is 2. The Hall–Kier alpha value is -2.40. The van der Waals surface area contributed by atoms with E-state index < -0.39 is 0 Å². The summed E-state index contributed by atoms with van der Waals surface area (Å²) in [6.07, 6.45) is 0. The topological polar surface area (TPSA) is 33.2 Å². The van der Waals surface area contributed by atoms with Crippen molar-refractivity contribution >= 4 is 55.8 Å². The third-order valence-corrected chi connectivity index (χ3v) is 5.62. The van der Waals surface area contributed by atoms with Gasteiger partial charge >= 0.3 is 0 Å². The van der Waals surface area contributed by atoms with Gasteiger partial charge < -0.3 is 0 Å². The molecule has 4 aromatic rings. The van der Waals surface area contributed by atoms with Crippen LogP contribution >= 0.6 is 34.5 Å². The normalized spacial score (nSPS) is 10.9. The van der Waals surface area contributed by atoms with Gasteiger partial charge in [0.05, 0.1) is 16.8 Å². The van der Waals surface area contributed by atoms with Gasteiger partial charge in [-0.2, -0.15) is 0 Å². The summed E-state index contributed by atoms with van der Waals surface area (Å²) in [4.78, 5) is 19.6. The summed E-state index contributed by atoms with van der Waals surface area (Å²) < 4.78 is 0.944. The van der Waals surface area contributed by atoms with Crippen LogP contribution < -0.4 is 4.90 Å². The fourth-order valence-corrected chi connectivity index (χ4v) is 4.11. The number of amides is 1. The minimum Gasteiger partial charge on any atom is -0.279 e. The zero-order valence-electron chi connectivity index (χ0n) is 14.1. The standard InChI is InChI=1S/C21H14Cl2N2OS/c22-16-8-6-15(7-9-16)20(26)25(13-14-4-2-1-3-5-14)21-24-18-11-10-17(23)12-19(18)27-21/h1-12H,13H2. The van der Waals surface area contributed by atoms with E-state index >= 15 is 0 Å². The second-order valence-corrected chi connectivity index (χ2v) is 7.87. The zero-order valence-corrected chi connectivity index (χ0v) is 16.4. The molecule has 1 amide bonds. The molecule has 0 aliphatic heterocycles. The van der Waals surface area contributed by atoms with Crippen LogP contribution in [0.3, 0.4) is 0 Å². The Bertz CT molecular complexity index is 1090. The van der Waals surface area contributed by atoms with Crippen molar-refractivity contribution in [3.05, 3.63) is 94.0 Å². The number of carbonyl (C=O) groups is 1. The van der Waals surface area contributed by atoms with Crippen LogP contribution in [-0.4, -0.2) is 10.9 Å². The summed E-state index contributed by atoms with van der Waals surface area (Å²) in [7, 11) is 0. The molecule has 134 valence electrons. The largest absolute Gasteiger partial charge is 0.279 e. The molecule has 0 N–H and O–H groups in total. The molecule has 0 bridgehead atoms. The summed E-state index contributed by atoms with van der Waals surface area (Å²) in [5.74, 6) is -0.124. The molecular weight excluding hydrogens is 399 g/mol. The predicted octanol–water partition coefficient (Wildman–Crippen LogP) is 6.45. The van der Waals surface area contributed by atoms with Gasteiger partial charge in [-0.1, -0.05) is 64.9 Å². The lowest BCUT2D eigenvalue weighted by molar-refractivity contribution is 0.0985. The fraction of sp³-hybridized carbons (Fsp3) is 0.0476. The lowest BCUT2D eigenvalue weighted by Crippen LogP contribution is -2.30. The summed E-state index contributed by atoms with van der Waals surface area (Å²) >= 11 is 13.5. The van der Waals surface area contributed by atoms with E-state index in [1.165, 1.54) is 11.3 Å². The van der Waals surface area contributed by atoms with E-state index in [9.17, 15) is 4.79 Å². The van der Waals surface area contributed by atoms with Gasteiger partial charge in [-0.3, -0.25) is 9.69 Å². The van der Waals surface area contributed by atoms with Crippen LogP contribution in [0.2, 0.25) is 10.0 Å². The number of hydrogen-bond acceptors (Lipinski definition) is 3. The first kappa shape index (κ1) is 18.0. The Morgan fingerprint density at radius 2 is 1.63 bits per heavy atom. The van der Waals surface area contributed by atoms with E-state index in [-0.39, 0.29) is 5.91 Å². The average Bonchev–Trinajstić information content (AvgIpc) is 3.10. The number of anilines is 1. The van der Waals surface area contributed by atoms with Gasteiger partial charge in [0.2, 0.25) is 0 Å². The molecule has 3 aromatic carbocycles. The first-order valence-corrected chi connectivity index (χ1v) is 9.85. The van der Waals surface area contributed by atoms with Crippen molar-refractivity contribution in [3.63, 3.8) is 0 Å². The maximum atomic E-state index is 13.2. The minimum atomic E-state index is -0.124. The number of aromatic nitrogens is 1. The molecule has 6 heteroatoms. The van der Waals surface area contributed by atoms with Gasteiger partial charge in [-0.25, -0.2) is 4.98 Å². The van der Waals surface area contributed by atoms with E-state index in [1.807, 2.05) is 42.5 Å². The monoisotopic (exact) mass is 412 g/mol. The molecule has 3 nitrogen and oxygen atoms in total. The Labute approximate surface area is 170 Å². The van der Waals surface area contributed by atoms with Crippen molar-refractivity contribution in [2.75, 3.05) is 4.90 Å². The van der Waals surface area contributed by atoms with Gasteiger partial charge in [-0.15, -0.1) is 0 Å². The van der Waals surface area contributed by atoms with E-state index in [4.69, 9.17) is 23.2 Å². The van der Waals surface area contributed by atoms with Crippen molar-refractivity contribution < 1.29 is 4.79 Å². The van der Waals surface area contributed by atoms with E-state index in [0.717, 1.165) is 15.8 Å². The quantitative estimate of drug-likeness (QED) is 0.385. The maximum Gasteiger partial charge on any atom is 0.260 e. The Balaban J connectivity index is 1.76. The zero-order chi connectivity index (χ0) is 18.8. The van der Waals surface area contributed by atoms with Crippen LogP contribution in [0.25, 0.3) is 10.2 Å². The highest BCUT2D eigenvalue weighted by Crippen LogP contribution is 2.32. The predicted molar refractivity (Wildman–Crippen MR) is 113 cm³/mol. The van der Waals surface area contributed by atoms with Crippen LogP contribution in [0.1, 0.15) is 15.9 Å². The van der Waals surface area contributed by atoms with Crippen molar-refractivity contribution in [3.8, 4) is 0 Å². The van der Waals surface area contributed by atoms with Crippen LogP contribution in [0.4, 0.5) is 5.13 Å². The third-order valence-electron chi connectivity index (χ3n) is 4.09. The molecule has 27 heavy (non-hydrogen) atoms. The second-order valence-electron chi connectivity index (χ2n) is 5.99. The number of rotatable bonds is 4. The number of benzene rings is 3. The Morgan fingerprint density at radius 3 is 2.37 bits per heavy atom. The number of hydrogen-bond donors (Lipinski definition) is 0. The van der Waals surface area contributed by atoms with Crippen LogP contribution in [0, 0.1) is 0 Å². The van der Waals surface area contributed by atoms with Crippen LogP contribution in [-0.2, 0) is 6.54 Å². The molecule has 0 saturated carbocycles. The summed E-state index contributed by atoms with van der Waals surface area (Å²) in [5, 5.41) is 1.88. The second kappa shape index (κ2) is 7.69. The highest BCUT2D eigenvalue weighted by molar-refractivity contribution is 7.22. The third kappa shape index (κ3) is 3.98. The van der Waals surface area contributed by atoms with Crippen LogP contribution in [0.5, 0.6) is 0 Å². The highest BCUT2D eigenvalue weighted by atomic mass is 35.5. The smallest absolute Gasteiger partial charge is 0.260 e. The number of fused-ring (bicyclic) bond motifs is 1. The molecule has 1 aromatic heterocycles. The lowest BCUT2D eigenvalue weighted by atomic mass is 10.1. The summed E-state index contributed by atoms with van der Waals surface area (Å²) in [5.41, 5.74) is 2.41. The van der Waals surface area contributed by atoms with E-state index in [1.54, 1.807) is 35.2 Å². The number of carbonyl (C=O) groups excluding carboxylic acids is 1. The molecule has 4 rings (SSSR count). The lowest BCUT2D eigenvalue weighted by Gasteiger charge is -2.20. The first-order valence-electron chi connectivity index (χ1n) is 8.27. The van der Waals surface area contributed by atoms with Crippen molar-refractivity contribution in [1.82, 2.24) is 4.98 Å². The Morgan fingerprint density at radius 1 is 0.926 bits per heavy atom. The first-order chi connectivity index (χ1) is 13.1. The average molecular weight is 413 g/mol. The molecule has 0 saturated heterocycles. The van der Waals surface area contributed by atoms with Gasteiger partial charge in [0.25, 0.3) is 5.91 Å². The van der Waals surface area contributed by atoms with Crippen molar-refractivity contribution in [1.29, 1.82) is 0 Å². The molecular formula is C21H14Cl2N2OS. The summed E-state index contributed by atoms with van der Waals surface area (Å²) in [6, 6.07) is 22.3. The molecule has 0 aliphatic carbocycles. The van der Waals surface area contributed by atoms with Gasteiger partial charge in [0.1, 0.15) is 0 Å². The molecule has 0 fully saturated rings. The molecule has 0 radical (unpaired) electrons. The molecule has 0 atom stereocenters. The summed E-state index contributed by atoms with van der Waals surface area (Å²) in [6.45, 7) is 0.426. The molecule has 1 heterocycles. The maximum absolute atomic E-state index is 13.2. The molecule has 0 aliphatic rings. The van der Waals surface area contributed by atoms with Gasteiger partial charge in [0, 0.05) is 15.6 Å². The molecule has 0 unspecified atom stereocenters. The van der Waals surface area contributed by atoms with Crippen molar-refractivity contribution in [2.24, 2.45) is 0 Å². The van der Waals surface area contributed by atoms with Crippen molar-refractivity contribution in [2.45, 2.75) is 6.54 Å². The van der Waals surface area contributed by atoms with Gasteiger partial charge in [0.15, 0.2) is 5.13 Å². The van der Waals surface area contributed by atoms with E-state index in [0.29, 0.717) is 27.3 Å². The minimum absolute atomic E-state index is 0.124. The SMILES string of the molecule is O=C(c1ccc(Cl)cc1)N(Cc1ccccc1)c1nc2ccc(Cl)cc2s1. The van der Waals surface area contributed by atoms with Gasteiger partial charge in [-0.05, 0) is 48.0 Å². The fourth-order valence-electron chi connectivity index (χ4n) is 2.74. The molecule has 0 spiro atoms. The Kier molecular flexibility index (Phi) is 5.12.